The quantitative estimate of drug-likeness (QED) is 0.217. The van der Waals surface area contributed by atoms with Crippen molar-refractivity contribution in [3.8, 4) is 11.1 Å². The average molecular weight is 583 g/mol. The summed E-state index contributed by atoms with van der Waals surface area (Å²) in [5.74, 6) is 1.34. The third kappa shape index (κ3) is 3.52. The monoisotopic (exact) mass is 581 g/mol. The molecule has 5 unspecified atom stereocenters. The molecule has 0 saturated heterocycles. The first-order valence-electron chi connectivity index (χ1n) is 14.5. The number of para-hydroxylation sites is 1. The van der Waals surface area contributed by atoms with Gasteiger partial charge in [0, 0.05) is 39.0 Å². The Morgan fingerprint density at radius 1 is 0.775 bits per heavy atom. The summed E-state index contributed by atoms with van der Waals surface area (Å²) in [5.41, 5.74) is 11.0. The van der Waals surface area contributed by atoms with Gasteiger partial charge in [-0.2, -0.15) is 0 Å². The van der Waals surface area contributed by atoms with E-state index in [1.165, 1.54) is 51.2 Å². The third-order valence-corrected chi connectivity index (χ3v) is 10.5. The van der Waals surface area contributed by atoms with Crippen LogP contribution in [-0.4, -0.2) is 6.04 Å². The van der Waals surface area contributed by atoms with Crippen molar-refractivity contribution in [2.45, 2.75) is 43.1 Å². The molecule has 0 radical (unpaired) electrons. The number of hydrogen-bond acceptors (Lipinski definition) is 1. The van der Waals surface area contributed by atoms with Crippen LogP contribution in [0.3, 0.4) is 0 Å². The molecule has 0 amide bonds. The van der Waals surface area contributed by atoms with Gasteiger partial charge in [0.25, 0.3) is 0 Å². The van der Waals surface area contributed by atoms with E-state index in [1.54, 1.807) is 0 Å². The summed E-state index contributed by atoms with van der Waals surface area (Å²) in [4.78, 5) is 2.55. The first-order chi connectivity index (χ1) is 19.6. The van der Waals surface area contributed by atoms with Crippen LogP contribution < -0.4 is 4.90 Å². The summed E-state index contributed by atoms with van der Waals surface area (Å²) in [7, 11) is 0. The number of allylic oxidation sites excluding steroid dienone is 5. The van der Waals surface area contributed by atoms with Crippen molar-refractivity contribution in [2.75, 3.05) is 4.90 Å². The highest BCUT2D eigenvalue weighted by atomic mass is 79.9. The predicted octanol–water partition coefficient (Wildman–Crippen LogP) is 10.2. The summed E-state index contributed by atoms with van der Waals surface area (Å²) in [6, 6.07) is 34.7. The van der Waals surface area contributed by atoms with Crippen molar-refractivity contribution in [3.63, 3.8) is 0 Å². The molecule has 1 heterocycles. The molecule has 40 heavy (non-hydrogen) atoms. The topological polar surface area (TPSA) is 3.24 Å². The van der Waals surface area contributed by atoms with Crippen molar-refractivity contribution in [2.24, 2.45) is 5.92 Å². The van der Waals surface area contributed by atoms with Crippen LogP contribution in [0.1, 0.15) is 53.9 Å². The molecular formula is C38H32BrN. The van der Waals surface area contributed by atoms with Gasteiger partial charge in [-0.15, -0.1) is 0 Å². The van der Waals surface area contributed by atoms with E-state index >= 15 is 0 Å². The van der Waals surface area contributed by atoms with Gasteiger partial charge in [0.15, 0.2) is 0 Å². The van der Waals surface area contributed by atoms with Crippen molar-refractivity contribution in [1.29, 1.82) is 0 Å². The maximum Gasteiger partial charge on any atom is 0.0591 e. The summed E-state index contributed by atoms with van der Waals surface area (Å²) in [5, 5.41) is 0. The van der Waals surface area contributed by atoms with E-state index in [2.05, 4.69) is 155 Å². The van der Waals surface area contributed by atoms with Gasteiger partial charge in [-0.1, -0.05) is 114 Å². The van der Waals surface area contributed by atoms with Crippen LogP contribution in [0, 0.1) is 5.92 Å². The van der Waals surface area contributed by atoms with E-state index in [0.29, 0.717) is 23.8 Å². The number of halogens is 1. The Morgan fingerprint density at radius 2 is 1.52 bits per heavy atom. The van der Waals surface area contributed by atoms with Crippen molar-refractivity contribution in [1.82, 2.24) is 0 Å². The highest BCUT2D eigenvalue weighted by Gasteiger charge is 2.48. The Balaban J connectivity index is 1.23. The van der Waals surface area contributed by atoms with Crippen LogP contribution in [-0.2, 0) is 5.41 Å². The first kappa shape index (κ1) is 24.2. The van der Waals surface area contributed by atoms with E-state index in [9.17, 15) is 0 Å². The van der Waals surface area contributed by atoms with Gasteiger partial charge in [0.2, 0.25) is 0 Å². The highest BCUT2D eigenvalue weighted by molar-refractivity contribution is 9.10. The molecule has 3 aliphatic carbocycles. The Labute approximate surface area is 245 Å². The largest absolute Gasteiger partial charge is 0.334 e. The summed E-state index contributed by atoms with van der Waals surface area (Å²) in [6.07, 6.45) is 16.5. The van der Waals surface area contributed by atoms with Gasteiger partial charge in [-0.05, 0) is 82.6 Å². The number of hydrogen-bond donors (Lipinski definition) is 0. The molecular weight excluding hydrogens is 550 g/mol. The summed E-state index contributed by atoms with van der Waals surface area (Å²) in [6.45, 7) is 2.44. The maximum atomic E-state index is 3.64. The van der Waals surface area contributed by atoms with Gasteiger partial charge in [-0.25, -0.2) is 0 Å². The van der Waals surface area contributed by atoms with E-state index in [0.717, 1.165) is 10.9 Å². The minimum Gasteiger partial charge on any atom is -0.334 e. The fourth-order valence-corrected chi connectivity index (χ4v) is 8.27. The predicted molar refractivity (Wildman–Crippen MR) is 170 cm³/mol. The van der Waals surface area contributed by atoms with Gasteiger partial charge in [0.1, 0.15) is 0 Å². The number of fused-ring (bicyclic) bond motifs is 6. The fraction of sp³-hybridized carbons (Fsp3) is 0.211. The van der Waals surface area contributed by atoms with Gasteiger partial charge >= 0.3 is 0 Å². The van der Waals surface area contributed by atoms with E-state index in [-0.39, 0.29) is 5.41 Å². The zero-order valence-electron chi connectivity index (χ0n) is 22.7. The zero-order chi connectivity index (χ0) is 26.8. The Hall–Kier alpha value is -3.62. The smallest absolute Gasteiger partial charge is 0.0591 e. The van der Waals surface area contributed by atoms with Gasteiger partial charge in [-0.3, -0.25) is 0 Å². The lowest BCUT2D eigenvalue weighted by Crippen LogP contribution is -2.30. The molecule has 0 bridgehead atoms. The molecule has 8 rings (SSSR count). The standard InChI is InChI=1S/C38H32BrN/c1-38(27-17-19-28(39)20-18-27)34-13-7-5-11-30(34)32-23-25(15-21-35(32)38)26-16-22-37-33(24-26)31-12-6-8-14-36(31)40(37)29-9-3-2-4-10-29/h2-5,7-11,13-24,30-31,34,36H,6,12H2,1H3. The van der Waals surface area contributed by atoms with Crippen LogP contribution in [0.15, 0.2) is 132 Å². The van der Waals surface area contributed by atoms with E-state index < -0.39 is 0 Å². The SMILES string of the molecule is CC1(c2ccc(Br)cc2)c2ccc(-c3ccc4c(c3)C3CCC=CC3N4c3ccccc3)cc2C2C=CC=CC21. The first-order valence-corrected chi connectivity index (χ1v) is 15.3. The summed E-state index contributed by atoms with van der Waals surface area (Å²) >= 11 is 3.64. The molecule has 0 N–H and O–H groups in total. The molecule has 196 valence electrons. The lowest BCUT2D eigenvalue weighted by Gasteiger charge is -2.34. The Morgan fingerprint density at radius 3 is 2.35 bits per heavy atom. The van der Waals surface area contributed by atoms with Crippen LogP contribution in [0.25, 0.3) is 11.1 Å². The van der Waals surface area contributed by atoms with Gasteiger partial charge in [0.05, 0.1) is 6.04 Å². The van der Waals surface area contributed by atoms with Crippen LogP contribution >= 0.6 is 15.9 Å². The van der Waals surface area contributed by atoms with Crippen molar-refractivity contribution < 1.29 is 0 Å². The maximum absolute atomic E-state index is 3.64. The Kier molecular flexibility index (Phi) is 5.57. The molecule has 1 nitrogen and oxygen atoms in total. The minimum absolute atomic E-state index is 0.0593. The van der Waals surface area contributed by atoms with Crippen LogP contribution in [0.2, 0.25) is 0 Å². The van der Waals surface area contributed by atoms with Crippen LogP contribution in [0.5, 0.6) is 0 Å². The molecule has 1 aliphatic heterocycles. The number of anilines is 2. The molecule has 4 aromatic rings. The molecule has 0 spiro atoms. The summed E-state index contributed by atoms with van der Waals surface area (Å²) < 4.78 is 1.13. The molecule has 0 fully saturated rings. The second kappa shape index (κ2) is 9.21. The molecule has 0 aromatic heterocycles. The number of rotatable bonds is 3. The molecule has 2 heteroatoms. The highest BCUT2D eigenvalue weighted by Crippen LogP contribution is 2.57. The molecule has 5 atom stereocenters. The average Bonchev–Trinajstić information content (AvgIpc) is 3.48. The van der Waals surface area contributed by atoms with E-state index in [4.69, 9.17) is 0 Å². The Bertz CT molecular complexity index is 1700. The van der Waals surface area contributed by atoms with Crippen molar-refractivity contribution >= 4 is 27.3 Å². The van der Waals surface area contributed by atoms with Gasteiger partial charge < -0.3 is 4.90 Å². The fourth-order valence-electron chi connectivity index (χ4n) is 8.00. The number of benzene rings is 4. The van der Waals surface area contributed by atoms with Crippen LogP contribution in [0.4, 0.5) is 11.4 Å². The molecule has 4 aromatic carbocycles. The lowest BCUT2D eigenvalue weighted by molar-refractivity contribution is 0.426. The zero-order valence-corrected chi connectivity index (χ0v) is 24.3. The molecule has 4 aliphatic rings. The second-order valence-corrected chi connectivity index (χ2v) is 12.8. The second-order valence-electron chi connectivity index (χ2n) is 11.9. The van der Waals surface area contributed by atoms with E-state index in [1.807, 2.05) is 0 Å². The number of nitrogens with zero attached hydrogens (tertiary/aromatic N) is 1. The van der Waals surface area contributed by atoms with Crippen molar-refractivity contribution in [3.05, 3.63) is 154 Å². The third-order valence-electron chi connectivity index (χ3n) is 9.96. The lowest BCUT2D eigenvalue weighted by atomic mass is 9.68. The molecule has 0 saturated carbocycles. The minimum atomic E-state index is -0.0593. The normalized spacial score (nSPS) is 27.3.